The Bertz CT molecular complexity index is 788. The van der Waals surface area contributed by atoms with Crippen molar-refractivity contribution in [3.63, 3.8) is 0 Å². The molecular weight excluding hydrogens is 306 g/mol. The maximum Gasteiger partial charge on any atom is 0.330 e. The molecule has 4 nitrogen and oxygen atoms in total. The number of nitrogens with zero attached hydrogens (tertiary/aromatic N) is 1. The fraction of sp³-hybridized carbons (Fsp3) is 0.133. The van der Waals surface area contributed by atoms with Gasteiger partial charge in [0.1, 0.15) is 0 Å². The van der Waals surface area contributed by atoms with E-state index in [1.54, 1.807) is 28.3 Å². The van der Waals surface area contributed by atoms with Crippen molar-refractivity contribution in [1.29, 1.82) is 0 Å². The first-order valence-electron chi connectivity index (χ1n) is 6.52. The highest BCUT2D eigenvalue weighted by atomic mass is 35.5. The molecular formula is C15H14ClN3OS. The van der Waals surface area contributed by atoms with Crippen LogP contribution in [0, 0.1) is 0 Å². The zero-order valence-corrected chi connectivity index (χ0v) is 12.9. The van der Waals surface area contributed by atoms with Crippen molar-refractivity contribution < 1.29 is 0 Å². The summed E-state index contributed by atoms with van der Waals surface area (Å²) in [7, 11) is 0. The Morgan fingerprint density at radius 1 is 1.24 bits per heavy atom. The summed E-state index contributed by atoms with van der Waals surface area (Å²) >= 11 is 7.53. The second-order valence-electron chi connectivity index (χ2n) is 4.69. The molecule has 1 aromatic carbocycles. The normalized spacial score (nSPS) is 12.3. The van der Waals surface area contributed by atoms with E-state index in [-0.39, 0.29) is 11.7 Å². The zero-order chi connectivity index (χ0) is 14.8. The van der Waals surface area contributed by atoms with Crippen LogP contribution in [0.1, 0.15) is 17.8 Å². The Labute approximate surface area is 131 Å². The Morgan fingerprint density at radius 2 is 2.00 bits per heavy atom. The SMILES string of the molecule is CC(Nc1ccc(-n2cc[nH]c2=O)cc1)c1ccc(Cl)s1. The van der Waals surface area contributed by atoms with Crippen LogP contribution in [0.4, 0.5) is 5.69 Å². The van der Waals surface area contributed by atoms with Gasteiger partial charge in [0.05, 0.1) is 16.1 Å². The highest BCUT2D eigenvalue weighted by Crippen LogP contribution is 2.29. The van der Waals surface area contributed by atoms with Crippen LogP contribution in [0.25, 0.3) is 5.69 Å². The highest BCUT2D eigenvalue weighted by molar-refractivity contribution is 7.16. The average molecular weight is 320 g/mol. The second-order valence-corrected chi connectivity index (χ2v) is 6.44. The minimum Gasteiger partial charge on any atom is -0.378 e. The zero-order valence-electron chi connectivity index (χ0n) is 11.3. The number of H-pyrrole nitrogens is 1. The molecule has 21 heavy (non-hydrogen) atoms. The van der Waals surface area contributed by atoms with Crippen molar-refractivity contribution in [3.8, 4) is 5.69 Å². The Hall–Kier alpha value is -1.98. The van der Waals surface area contributed by atoms with E-state index in [0.717, 1.165) is 15.7 Å². The predicted octanol–water partition coefficient (Wildman–Crippen LogP) is 4.05. The number of rotatable bonds is 4. The fourth-order valence-electron chi connectivity index (χ4n) is 2.12. The smallest absolute Gasteiger partial charge is 0.330 e. The lowest BCUT2D eigenvalue weighted by atomic mass is 10.2. The Morgan fingerprint density at radius 3 is 2.57 bits per heavy atom. The van der Waals surface area contributed by atoms with E-state index < -0.39 is 0 Å². The third kappa shape index (κ3) is 3.04. The summed E-state index contributed by atoms with van der Waals surface area (Å²) in [5, 5.41) is 3.42. The molecule has 2 heterocycles. The molecule has 0 saturated heterocycles. The second kappa shape index (κ2) is 5.79. The predicted molar refractivity (Wildman–Crippen MR) is 87.8 cm³/mol. The standard InChI is InChI=1S/C15H14ClN3OS/c1-10(13-6-7-14(16)21-13)18-11-2-4-12(5-3-11)19-9-8-17-15(19)20/h2-10,18H,1H3,(H,17,20). The summed E-state index contributed by atoms with van der Waals surface area (Å²) < 4.78 is 2.35. The number of hydrogen-bond acceptors (Lipinski definition) is 3. The van der Waals surface area contributed by atoms with Gasteiger partial charge >= 0.3 is 5.69 Å². The lowest BCUT2D eigenvalue weighted by Crippen LogP contribution is -2.13. The van der Waals surface area contributed by atoms with Crippen molar-refractivity contribution in [2.45, 2.75) is 13.0 Å². The van der Waals surface area contributed by atoms with Gasteiger partial charge in [-0.2, -0.15) is 0 Å². The van der Waals surface area contributed by atoms with Crippen LogP contribution < -0.4 is 11.0 Å². The maximum atomic E-state index is 11.6. The van der Waals surface area contributed by atoms with Crippen molar-refractivity contribution in [2.75, 3.05) is 5.32 Å². The molecule has 0 saturated carbocycles. The van der Waals surface area contributed by atoms with Crippen molar-refractivity contribution in [3.05, 3.63) is 68.5 Å². The number of anilines is 1. The topological polar surface area (TPSA) is 49.8 Å². The van der Waals surface area contributed by atoms with Gasteiger partial charge in [-0.1, -0.05) is 11.6 Å². The minimum absolute atomic E-state index is 0.141. The summed E-state index contributed by atoms with van der Waals surface area (Å²) in [6, 6.07) is 11.8. The van der Waals surface area contributed by atoms with E-state index in [1.807, 2.05) is 36.4 Å². The molecule has 0 fully saturated rings. The molecule has 3 rings (SSSR count). The number of halogens is 1. The number of imidazole rings is 1. The maximum absolute atomic E-state index is 11.6. The van der Waals surface area contributed by atoms with E-state index in [9.17, 15) is 4.79 Å². The van der Waals surface area contributed by atoms with Gasteiger partial charge in [0.15, 0.2) is 0 Å². The molecule has 1 atom stereocenters. The quantitative estimate of drug-likeness (QED) is 0.762. The minimum atomic E-state index is -0.141. The van der Waals surface area contributed by atoms with E-state index in [1.165, 1.54) is 4.88 Å². The van der Waals surface area contributed by atoms with Crippen LogP contribution in [0.2, 0.25) is 4.34 Å². The summed E-state index contributed by atoms with van der Waals surface area (Å²) in [5.41, 5.74) is 1.69. The molecule has 0 aliphatic rings. The van der Waals surface area contributed by atoms with E-state index in [4.69, 9.17) is 11.6 Å². The summed E-state index contributed by atoms with van der Waals surface area (Å²) in [6.07, 6.45) is 3.33. The monoisotopic (exact) mass is 319 g/mol. The third-order valence-electron chi connectivity index (χ3n) is 3.20. The number of aromatic nitrogens is 2. The number of nitrogens with one attached hydrogen (secondary N) is 2. The van der Waals surface area contributed by atoms with Crippen molar-refractivity contribution in [2.24, 2.45) is 0 Å². The Balaban J connectivity index is 1.76. The molecule has 2 aromatic heterocycles. The van der Waals surface area contributed by atoms with Crippen molar-refractivity contribution >= 4 is 28.6 Å². The summed E-state index contributed by atoms with van der Waals surface area (Å²) in [5.74, 6) is 0. The lowest BCUT2D eigenvalue weighted by Gasteiger charge is -2.14. The van der Waals surface area contributed by atoms with Gasteiger partial charge in [0, 0.05) is 23.0 Å². The van der Waals surface area contributed by atoms with Gasteiger partial charge in [0.25, 0.3) is 0 Å². The van der Waals surface area contributed by atoms with E-state index in [2.05, 4.69) is 17.2 Å². The fourth-order valence-corrected chi connectivity index (χ4v) is 3.19. The largest absolute Gasteiger partial charge is 0.378 e. The number of benzene rings is 1. The Kier molecular flexibility index (Phi) is 3.86. The molecule has 1 unspecified atom stereocenters. The van der Waals surface area contributed by atoms with Crippen LogP contribution in [0.15, 0.2) is 53.6 Å². The van der Waals surface area contributed by atoms with Crippen LogP contribution in [0.3, 0.4) is 0 Å². The molecule has 3 aromatic rings. The first-order valence-corrected chi connectivity index (χ1v) is 7.71. The van der Waals surface area contributed by atoms with Crippen LogP contribution in [-0.4, -0.2) is 9.55 Å². The summed E-state index contributed by atoms with van der Waals surface area (Å²) in [6.45, 7) is 2.09. The van der Waals surface area contributed by atoms with Crippen LogP contribution >= 0.6 is 22.9 Å². The summed E-state index contributed by atoms with van der Waals surface area (Å²) in [4.78, 5) is 15.4. The molecule has 0 bridgehead atoms. The average Bonchev–Trinajstić information content (AvgIpc) is 3.08. The molecule has 0 aliphatic heterocycles. The molecule has 2 N–H and O–H groups in total. The third-order valence-corrected chi connectivity index (χ3v) is 4.61. The van der Waals surface area contributed by atoms with E-state index >= 15 is 0 Å². The van der Waals surface area contributed by atoms with Crippen LogP contribution in [-0.2, 0) is 0 Å². The number of thiophene rings is 1. The van der Waals surface area contributed by atoms with Gasteiger partial charge < -0.3 is 10.3 Å². The number of aromatic amines is 1. The molecule has 0 amide bonds. The molecule has 0 radical (unpaired) electrons. The first kappa shape index (κ1) is 14.0. The van der Waals surface area contributed by atoms with Gasteiger partial charge in [-0.3, -0.25) is 4.57 Å². The highest BCUT2D eigenvalue weighted by Gasteiger charge is 2.08. The molecule has 0 aliphatic carbocycles. The number of hydrogen-bond donors (Lipinski definition) is 2. The van der Waals surface area contributed by atoms with Gasteiger partial charge in [-0.15, -0.1) is 11.3 Å². The van der Waals surface area contributed by atoms with E-state index in [0.29, 0.717) is 0 Å². The molecule has 0 spiro atoms. The van der Waals surface area contributed by atoms with Crippen molar-refractivity contribution in [1.82, 2.24) is 9.55 Å². The van der Waals surface area contributed by atoms with Gasteiger partial charge in [0.2, 0.25) is 0 Å². The first-order chi connectivity index (χ1) is 10.1. The van der Waals surface area contributed by atoms with Gasteiger partial charge in [-0.25, -0.2) is 4.79 Å². The molecule has 108 valence electrons. The lowest BCUT2D eigenvalue weighted by molar-refractivity contribution is 0.907. The molecule has 6 heteroatoms. The van der Waals surface area contributed by atoms with Crippen LogP contribution in [0.5, 0.6) is 0 Å². The van der Waals surface area contributed by atoms with Gasteiger partial charge in [-0.05, 0) is 43.3 Å².